The Balaban J connectivity index is 1.48. The Morgan fingerprint density at radius 3 is 2.83 bits per heavy atom. The summed E-state index contributed by atoms with van der Waals surface area (Å²) >= 11 is 0. The fourth-order valence-corrected chi connectivity index (χ4v) is 5.15. The largest absolute Gasteiger partial charge is 0.369 e. The third kappa shape index (κ3) is 5.10. The van der Waals surface area contributed by atoms with Crippen LogP contribution in [0.15, 0.2) is 72.0 Å². The Bertz CT molecular complexity index is 1400. The van der Waals surface area contributed by atoms with Crippen molar-refractivity contribution in [3.05, 3.63) is 100 Å². The van der Waals surface area contributed by atoms with Crippen LogP contribution in [0, 0.1) is 12.7 Å². The molecule has 1 saturated heterocycles. The number of aromatic nitrogens is 3. The first-order valence-electron chi connectivity index (χ1n) is 12.1. The Morgan fingerprint density at radius 2 is 2.00 bits per heavy atom. The van der Waals surface area contributed by atoms with Crippen molar-refractivity contribution in [1.29, 1.82) is 0 Å². The van der Waals surface area contributed by atoms with E-state index in [0.29, 0.717) is 13.1 Å². The smallest absolute Gasteiger partial charge is 0.193 e. The van der Waals surface area contributed by atoms with E-state index in [1.807, 2.05) is 61.3 Å². The number of halogens is 1. The molecule has 0 aliphatic carbocycles. The Morgan fingerprint density at radius 1 is 1.14 bits per heavy atom. The van der Waals surface area contributed by atoms with Crippen molar-refractivity contribution < 1.29 is 4.39 Å². The first-order chi connectivity index (χ1) is 17.0. The molecule has 3 aromatic heterocycles. The molecule has 35 heavy (non-hydrogen) atoms. The van der Waals surface area contributed by atoms with Crippen LogP contribution in [0.4, 0.5) is 10.1 Å². The van der Waals surface area contributed by atoms with Gasteiger partial charge < -0.3 is 9.47 Å². The van der Waals surface area contributed by atoms with Crippen LogP contribution in [0.1, 0.15) is 29.7 Å². The first-order valence-corrected chi connectivity index (χ1v) is 12.1. The van der Waals surface area contributed by atoms with Crippen LogP contribution >= 0.6 is 0 Å². The minimum absolute atomic E-state index is 0.0802. The molecular formula is C28H30FN5O. The lowest BCUT2D eigenvalue weighted by Crippen LogP contribution is -2.48. The van der Waals surface area contributed by atoms with Crippen LogP contribution in [-0.4, -0.2) is 38.6 Å². The summed E-state index contributed by atoms with van der Waals surface area (Å²) in [5, 5.41) is 0.739. The average Bonchev–Trinajstić information content (AvgIpc) is 2.87. The van der Waals surface area contributed by atoms with Crippen LogP contribution < -0.4 is 10.3 Å². The molecule has 1 fully saturated rings. The van der Waals surface area contributed by atoms with Gasteiger partial charge in [0.05, 0.1) is 23.6 Å². The molecule has 5 rings (SSSR count). The summed E-state index contributed by atoms with van der Waals surface area (Å²) in [5.74, 6) is -0.326. The van der Waals surface area contributed by atoms with Gasteiger partial charge in [0.25, 0.3) is 0 Å². The molecule has 0 radical (unpaired) electrons. The van der Waals surface area contributed by atoms with Crippen LogP contribution in [-0.2, 0) is 20.1 Å². The van der Waals surface area contributed by atoms with Crippen molar-refractivity contribution in [1.82, 2.24) is 19.4 Å². The van der Waals surface area contributed by atoms with E-state index in [4.69, 9.17) is 0 Å². The minimum Gasteiger partial charge on any atom is -0.369 e. The van der Waals surface area contributed by atoms with Gasteiger partial charge in [0.2, 0.25) is 0 Å². The van der Waals surface area contributed by atoms with Crippen LogP contribution in [0.25, 0.3) is 10.9 Å². The molecule has 1 aromatic carbocycles. The fraction of sp³-hybridized carbons (Fsp3) is 0.321. The Hall–Kier alpha value is -3.58. The van der Waals surface area contributed by atoms with Crippen molar-refractivity contribution in [2.75, 3.05) is 18.0 Å². The van der Waals surface area contributed by atoms with Crippen LogP contribution in [0.5, 0.6) is 0 Å². The monoisotopic (exact) mass is 471 g/mol. The molecule has 4 heterocycles. The molecule has 0 N–H and O–H groups in total. The predicted octanol–water partition coefficient (Wildman–Crippen LogP) is 4.45. The van der Waals surface area contributed by atoms with E-state index in [9.17, 15) is 9.18 Å². The van der Waals surface area contributed by atoms with Crippen LogP contribution in [0.2, 0.25) is 0 Å². The summed E-state index contributed by atoms with van der Waals surface area (Å²) < 4.78 is 15.9. The number of rotatable bonds is 6. The molecule has 0 amide bonds. The Labute approximate surface area is 204 Å². The highest BCUT2D eigenvalue weighted by molar-refractivity contribution is 5.79. The molecule has 6 nitrogen and oxygen atoms in total. The second-order valence-corrected chi connectivity index (χ2v) is 9.43. The maximum absolute atomic E-state index is 13.9. The molecule has 7 heteroatoms. The topological polar surface area (TPSA) is 54.3 Å². The standard InChI is InChI=1S/C28H30FN5O/c1-20-12-21(9-10-31-20)16-34(18-22-17-32(2)27-8-4-3-7-26(27)28(22)35)24-6-5-11-33(19-24)25-13-23(29)14-30-15-25/h3-4,7-10,12-15,17,24H,5-6,11,16,18-19H2,1-2H3. The second kappa shape index (κ2) is 9.96. The zero-order valence-corrected chi connectivity index (χ0v) is 20.2. The molecule has 1 aliphatic rings. The van der Waals surface area contributed by atoms with Gasteiger partial charge in [-0.2, -0.15) is 0 Å². The maximum atomic E-state index is 13.9. The van der Waals surface area contributed by atoms with E-state index < -0.39 is 0 Å². The summed E-state index contributed by atoms with van der Waals surface area (Å²) in [6.45, 7) is 4.86. The number of para-hydroxylation sites is 1. The quantitative estimate of drug-likeness (QED) is 0.416. The number of piperidine rings is 1. The van der Waals surface area contributed by atoms with Gasteiger partial charge in [-0.1, -0.05) is 12.1 Å². The minimum atomic E-state index is -0.326. The van der Waals surface area contributed by atoms with Gasteiger partial charge in [-0.3, -0.25) is 19.7 Å². The van der Waals surface area contributed by atoms with Crippen molar-refractivity contribution in [3.63, 3.8) is 0 Å². The van der Waals surface area contributed by atoms with Gasteiger partial charge in [-0.15, -0.1) is 0 Å². The van der Waals surface area contributed by atoms with Gasteiger partial charge in [-0.25, -0.2) is 4.39 Å². The summed E-state index contributed by atoms with van der Waals surface area (Å²) in [5.41, 5.74) is 4.73. The summed E-state index contributed by atoms with van der Waals surface area (Å²) in [6.07, 6.45) is 8.76. The lowest BCUT2D eigenvalue weighted by Gasteiger charge is -2.40. The van der Waals surface area contributed by atoms with Gasteiger partial charge in [0.15, 0.2) is 5.43 Å². The van der Waals surface area contributed by atoms with Crippen molar-refractivity contribution in [2.24, 2.45) is 7.05 Å². The zero-order valence-electron chi connectivity index (χ0n) is 20.2. The molecule has 4 aromatic rings. The van der Waals surface area contributed by atoms with Gasteiger partial charge in [0, 0.05) is 74.4 Å². The molecule has 0 saturated carbocycles. The number of fused-ring (bicyclic) bond motifs is 1. The lowest BCUT2D eigenvalue weighted by atomic mass is 10.0. The number of pyridine rings is 3. The van der Waals surface area contributed by atoms with Gasteiger partial charge >= 0.3 is 0 Å². The number of anilines is 1. The van der Waals surface area contributed by atoms with Crippen molar-refractivity contribution in [2.45, 2.75) is 38.9 Å². The first kappa shape index (κ1) is 23.2. The Kier molecular flexibility index (Phi) is 6.59. The molecular weight excluding hydrogens is 441 g/mol. The number of aryl methyl sites for hydroxylation is 2. The van der Waals surface area contributed by atoms with E-state index >= 15 is 0 Å². The number of nitrogens with zero attached hydrogens (tertiary/aromatic N) is 5. The van der Waals surface area contributed by atoms with E-state index in [1.54, 1.807) is 12.3 Å². The summed E-state index contributed by atoms with van der Waals surface area (Å²) in [6, 6.07) is 13.6. The van der Waals surface area contributed by atoms with Gasteiger partial charge in [0.1, 0.15) is 5.82 Å². The molecule has 1 atom stereocenters. The van der Waals surface area contributed by atoms with E-state index in [-0.39, 0.29) is 17.3 Å². The number of hydrogen-bond acceptors (Lipinski definition) is 5. The second-order valence-electron chi connectivity index (χ2n) is 9.43. The fourth-order valence-electron chi connectivity index (χ4n) is 5.15. The van der Waals surface area contributed by atoms with Gasteiger partial charge in [-0.05, 0) is 49.6 Å². The molecule has 1 unspecified atom stereocenters. The van der Waals surface area contributed by atoms with Crippen LogP contribution in [0.3, 0.4) is 0 Å². The third-order valence-electron chi connectivity index (χ3n) is 6.86. The third-order valence-corrected chi connectivity index (χ3v) is 6.86. The molecule has 0 bridgehead atoms. The molecule has 1 aliphatic heterocycles. The average molecular weight is 472 g/mol. The highest BCUT2D eigenvalue weighted by atomic mass is 19.1. The predicted molar refractivity (Wildman–Crippen MR) is 137 cm³/mol. The van der Waals surface area contributed by atoms with Crippen molar-refractivity contribution >= 4 is 16.6 Å². The highest BCUT2D eigenvalue weighted by Crippen LogP contribution is 2.25. The van der Waals surface area contributed by atoms with Crippen molar-refractivity contribution in [3.8, 4) is 0 Å². The highest BCUT2D eigenvalue weighted by Gasteiger charge is 2.27. The number of benzene rings is 1. The number of hydrogen-bond donors (Lipinski definition) is 0. The summed E-state index contributed by atoms with van der Waals surface area (Å²) in [7, 11) is 1.99. The van der Waals surface area contributed by atoms with E-state index in [1.165, 1.54) is 11.8 Å². The lowest BCUT2D eigenvalue weighted by molar-refractivity contribution is 0.158. The summed E-state index contributed by atoms with van der Waals surface area (Å²) in [4.78, 5) is 26.4. The molecule has 0 spiro atoms. The SMILES string of the molecule is Cc1cc(CN(Cc2cn(C)c3ccccc3c2=O)C2CCCN(c3cncc(F)c3)C2)ccn1. The normalized spacial score (nSPS) is 16.2. The maximum Gasteiger partial charge on any atom is 0.193 e. The van der Waals surface area contributed by atoms with E-state index in [2.05, 4.69) is 25.8 Å². The zero-order chi connectivity index (χ0) is 24.4. The molecule has 180 valence electrons. The van der Waals surface area contributed by atoms with E-state index in [0.717, 1.165) is 53.8 Å².